The maximum atomic E-state index is 12.7. The Hall–Kier alpha value is -2.29. The van der Waals surface area contributed by atoms with Crippen molar-refractivity contribution in [3.8, 4) is 0 Å². The van der Waals surface area contributed by atoms with Crippen LogP contribution in [0.1, 0.15) is 15.9 Å². The fourth-order valence-electron chi connectivity index (χ4n) is 1.57. The first-order valence-corrected chi connectivity index (χ1v) is 5.61. The van der Waals surface area contributed by atoms with Crippen molar-refractivity contribution in [3.63, 3.8) is 0 Å². The third-order valence-electron chi connectivity index (χ3n) is 2.50. The number of carbonyl (C=O) groups excluding carboxylic acids is 1. The summed E-state index contributed by atoms with van der Waals surface area (Å²) in [4.78, 5) is 11.8. The van der Waals surface area contributed by atoms with E-state index in [-0.39, 0.29) is 11.6 Å². The van der Waals surface area contributed by atoms with Gasteiger partial charge in [0.15, 0.2) is 24.4 Å². The fourth-order valence-corrected chi connectivity index (χ4v) is 1.57. The van der Waals surface area contributed by atoms with Crippen LogP contribution in [0.2, 0.25) is 0 Å². The summed E-state index contributed by atoms with van der Waals surface area (Å²) in [5, 5.41) is 0. The van der Waals surface area contributed by atoms with Crippen LogP contribution in [0.25, 0.3) is 6.20 Å². The smallest absolute Gasteiger partial charge is 0.191 e. The molecule has 0 saturated heterocycles. The van der Waals surface area contributed by atoms with Gasteiger partial charge in [-0.25, -0.2) is 4.39 Å². The zero-order chi connectivity index (χ0) is 13.0. The number of carbonyl (C=O) groups is 1. The van der Waals surface area contributed by atoms with E-state index in [1.165, 1.54) is 30.3 Å². The molecular weight excluding hydrogens is 229 g/mol. The lowest BCUT2D eigenvalue weighted by Gasteiger charge is -1.94. The van der Waals surface area contributed by atoms with E-state index in [9.17, 15) is 9.18 Å². The average Bonchev–Trinajstić information content (AvgIpc) is 2.37. The summed E-state index contributed by atoms with van der Waals surface area (Å²) < 4.78 is 14.5. The van der Waals surface area contributed by atoms with Crippen LogP contribution >= 0.6 is 0 Å². The second-order valence-electron chi connectivity index (χ2n) is 4.02. The molecule has 0 spiro atoms. The molecule has 0 atom stereocenters. The van der Waals surface area contributed by atoms with Crippen LogP contribution in [0.3, 0.4) is 0 Å². The van der Waals surface area contributed by atoms with Gasteiger partial charge in [0.1, 0.15) is 5.82 Å². The van der Waals surface area contributed by atoms with E-state index in [0.29, 0.717) is 5.56 Å². The number of rotatable bonds is 3. The van der Waals surface area contributed by atoms with E-state index in [1.54, 1.807) is 10.8 Å². The van der Waals surface area contributed by atoms with Gasteiger partial charge < -0.3 is 0 Å². The molecule has 90 valence electrons. The van der Waals surface area contributed by atoms with E-state index in [2.05, 4.69) is 0 Å². The van der Waals surface area contributed by atoms with Gasteiger partial charge in [0.05, 0.1) is 6.08 Å². The number of nitrogens with zero attached hydrogens (tertiary/aromatic N) is 1. The van der Waals surface area contributed by atoms with Crippen molar-refractivity contribution in [2.75, 3.05) is 0 Å². The molecule has 0 aliphatic heterocycles. The maximum absolute atomic E-state index is 12.7. The van der Waals surface area contributed by atoms with E-state index < -0.39 is 0 Å². The molecule has 1 aromatic heterocycles. The Kier molecular flexibility index (Phi) is 3.63. The van der Waals surface area contributed by atoms with Crippen molar-refractivity contribution >= 4 is 12.0 Å². The molecule has 0 N–H and O–H groups in total. The molecule has 0 aliphatic rings. The number of aromatic nitrogens is 1. The number of hydrogen-bond donors (Lipinski definition) is 0. The van der Waals surface area contributed by atoms with Gasteiger partial charge in [0.2, 0.25) is 0 Å². The number of benzene rings is 1. The van der Waals surface area contributed by atoms with Crippen LogP contribution in [-0.2, 0) is 0 Å². The van der Waals surface area contributed by atoms with Crippen molar-refractivity contribution in [2.45, 2.75) is 6.92 Å². The van der Waals surface area contributed by atoms with Gasteiger partial charge in [-0.05, 0) is 37.3 Å². The second kappa shape index (κ2) is 5.36. The Morgan fingerprint density at radius 1 is 1.22 bits per heavy atom. The summed E-state index contributed by atoms with van der Waals surface area (Å²) in [6.07, 6.45) is 6.90. The van der Waals surface area contributed by atoms with Crippen LogP contribution < -0.4 is 4.57 Å². The van der Waals surface area contributed by atoms with Gasteiger partial charge >= 0.3 is 0 Å². The largest absolute Gasteiger partial charge is 0.289 e. The van der Waals surface area contributed by atoms with Gasteiger partial charge in [-0.2, -0.15) is 4.57 Å². The third-order valence-corrected chi connectivity index (χ3v) is 2.50. The zero-order valence-corrected chi connectivity index (χ0v) is 10.0. The normalized spacial score (nSPS) is 10.8. The van der Waals surface area contributed by atoms with E-state index in [0.717, 1.165) is 5.56 Å². The summed E-state index contributed by atoms with van der Waals surface area (Å²) in [6, 6.07) is 9.39. The first kappa shape index (κ1) is 12.2. The first-order valence-electron chi connectivity index (χ1n) is 5.61. The number of allylic oxidation sites excluding steroid dienone is 1. The minimum absolute atomic E-state index is 0.149. The number of halogens is 1. The van der Waals surface area contributed by atoms with Crippen LogP contribution in [0.4, 0.5) is 4.39 Å². The fraction of sp³-hybridized carbons (Fsp3) is 0.0667. The van der Waals surface area contributed by atoms with Crippen molar-refractivity contribution in [1.29, 1.82) is 0 Å². The standard InChI is InChI=1S/C15H13FNO/c1-12-3-2-9-17(11-12)10-8-15(18)13-4-6-14(16)7-5-13/h2-11H,1H3/q+1. The number of ketones is 1. The van der Waals surface area contributed by atoms with Crippen LogP contribution in [0, 0.1) is 12.7 Å². The molecule has 3 heteroatoms. The summed E-state index contributed by atoms with van der Waals surface area (Å²) in [7, 11) is 0. The van der Waals surface area contributed by atoms with Crippen molar-refractivity contribution < 1.29 is 13.8 Å². The quantitative estimate of drug-likeness (QED) is 0.460. The Morgan fingerprint density at radius 3 is 2.61 bits per heavy atom. The van der Waals surface area contributed by atoms with E-state index >= 15 is 0 Å². The highest BCUT2D eigenvalue weighted by Gasteiger charge is 2.03. The summed E-state index contributed by atoms with van der Waals surface area (Å²) in [5.74, 6) is -0.493. The van der Waals surface area contributed by atoms with Crippen molar-refractivity contribution in [1.82, 2.24) is 0 Å². The lowest BCUT2D eigenvalue weighted by Crippen LogP contribution is -2.25. The van der Waals surface area contributed by atoms with E-state index in [4.69, 9.17) is 0 Å². The lowest BCUT2D eigenvalue weighted by atomic mass is 10.1. The summed E-state index contributed by atoms with van der Waals surface area (Å²) in [5.41, 5.74) is 1.58. The second-order valence-corrected chi connectivity index (χ2v) is 4.02. The minimum Gasteiger partial charge on any atom is -0.289 e. The van der Waals surface area contributed by atoms with Gasteiger partial charge in [0, 0.05) is 17.2 Å². The van der Waals surface area contributed by atoms with Crippen LogP contribution in [-0.4, -0.2) is 5.78 Å². The molecular formula is C15H13FNO+. The topological polar surface area (TPSA) is 20.9 Å². The molecule has 0 bridgehead atoms. The molecule has 1 aromatic carbocycles. The molecule has 0 radical (unpaired) electrons. The van der Waals surface area contributed by atoms with Crippen LogP contribution in [0.5, 0.6) is 0 Å². The molecule has 2 aromatic rings. The van der Waals surface area contributed by atoms with Gasteiger partial charge in [-0.3, -0.25) is 4.79 Å². The van der Waals surface area contributed by atoms with Gasteiger partial charge in [-0.15, -0.1) is 0 Å². The molecule has 1 heterocycles. The lowest BCUT2D eigenvalue weighted by molar-refractivity contribution is -0.568. The minimum atomic E-state index is -0.344. The average molecular weight is 242 g/mol. The molecule has 0 aliphatic carbocycles. The predicted octanol–water partition coefficient (Wildman–Crippen LogP) is 2.78. The molecule has 0 amide bonds. The van der Waals surface area contributed by atoms with Crippen LogP contribution in [0.15, 0.2) is 54.9 Å². The SMILES string of the molecule is Cc1ccc[n+](C=CC(=O)c2ccc(F)cc2)c1. The molecule has 0 fully saturated rings. The Labute approximate surface area is 105 Å². The highest BCUT2D eigenvalue weighted by atomic mass is 19.1. The molecule has 2 nitrogen and oxygen atoms in total. The molecule has 18 heavy (non-hydrogen) atoms. The Morgan fingerprint density at radius 2 is 1.94 bits per heavy atom. The van der Waals surface area contributed by atoms with Gasteiger partial charge in [-0.1, -0.05) is 0 Å². The molecule has 0 saturated carbocycles. The van der Waals surface area contributed by atoms with Crippen molar-refractivity contribution in [2.24, 2.45) is 0 Å². The highest BCUT2D eigenvalue weighted by Crippen LogP contribution is 2.04. The first-order chi connectivity index (χ1) is 8.65. The number of pyridine rings is 1. The number of aryl methyl sites for hydroxylation is 1. The van der Waals surface area contributed by atoms with Gasteiger partial charge in [0.25, 0.3) is 0 Å². The van der Waals surface area contributed by atoms with Crippen molar-refractivity contribution in [3.05, 3.63) is 71.8 Å². The zero-order valence-electron chi connectivity index (χ0n) is 10.0. The predicted molar refractivity (Wildman–Crippen MR) is 67.4 cm³/mol. The monoisotopic (exact) mass is 242 g/mol. The molecule has 0 unspecified atom stereocenters. The molecule has 2 rings (SSSR count). The number of hydrogen-bond acceptors (Lipinski definition) is 1. The maximum Gasteiger partial charge on any atom is 0.191 e. The van der Waals surface area contributed by atoms with E-state index in [1.807, 2.05) is 31.5 Å². The third kappa shape index (κ3) is 3.10. The summed E-state index contributed by atoms with van der Waals surface area (Å²) in [6.45, 7) is 1.98. The Bertz CT molecular complexity index is 588. The summed E-state index contributed by atoms with van der Waals surface area (Å²) >= 11 is 0. The Balaban J connectivity index is 2.14. The highest BCUT2D eigenvalue weighted by molar-refractivity contribution is 6.05.